The number of carbonyl (C=O) groups excluding carboxylic acids is 1. The SMILES string of the molecule is CCCC(C)[C@@]1(Cc2ccccc2)CCCN(C(C)=O)C1. The van der Waals surface area contributed by atoms with Crippen molar-refractivity contribution in [1.29, 1.82) is 0 Å². The van der Waals surface area contributed by atoms with Crippen molar-refractivity contribution < 1.29 is 4.79 Å². The Morgan fingerprint density at radius 2 is 2.05 bits per heavy atom. The van der Waals surface area contributed by atoms with Crippen LogP contribution in [0.4, 0.5) is 0 Å². The van der Waals surface area contributed by atoms with Gasteiger partial charge in [-0.25, -0.2) is 0 Å². The predicted octanol–water partition coefficient (Wildman–Crippen LogP) is 4.29. The molecule has 0 saturated carbocycles. The number of piperidine rings is 1. The topological polar surface area (TPSA) is 20.3 Å². The highest BCUT2D eigenvalue weighted by molar-refractivity contribution is 5.73. The van der Waals surface area contributed by atoms with Gasteiger partial charge >= 0.3 is 0 Å². The van der Waals surface area contributed by atoms with Gasteiger partial charge in [0.2, 0.25) is 5.91 Å². The summed E-state index contributed by atoms with van der Waals surface area (Å²) in [5, 5.41) is 0. The number of rotatable bonds is 5. The molecular weight excluding hydrogens is 258 g/mol. The number of carbonyl (C=O) groups is 1. The van der Waals surface area contributed by atoms with Crippen LogP contribution in [0.25, 0.3) is 0 Å². The van der Waals surface area contributed by atoms with Crippen molar-refractivity contribution in [2.24, 2.45) is 11.3 Å². The van der Waals surface area contributed by atoms with Crippen LogP contribution in [0, 0.1) is 11.3 Å². The largest absolute Gasteiger partial charge is 0.342 e. The zero-order valence-corrected chi connectivity index (χ0v) is 13.8. The van der Waals surface area contributed by atoms with Crippen molar-refractivity contribution in [3.05, 3.63) is 35.9 Å². The Labute approximate surface area is 129 Å². The highest BCUT2D eigenvalue weighted by Crippen LogP contribution is 2.42. The fourth-order valence-electron chi connectivity index (χ4n) is 3.89. The summed E-state index contributed by atoms with van der Waals surface area (Å²) in [5.74, 6) is 0.890. The smallest absolute Gasteiger partial charge is 0.219 e. The molecule has 21 heavy (non-hydrogen) atoms. The number of nitrogens with zero attached hydrogens (tertiary/aromatic N) is 1. The lowest BCUT2D eigenvalue weighted by molar-refractivity contribution is -0.133. The van der Waals surface area contributed by atoms with E-state index in [0.717, 1.165) is 25.9 Å². The van der Waals surface area contributed by atoms with Gasteiger partial charge in [0.05, 0.1) is 0 Å². The number of likely N-dealkylation sites (tertiary alicyclic amines) is 1. The van der Waals surface area contributed by atoms with Gasteiger partial charge in [-0.3, -0.25) is 4.79 Å². The lowest BCUT2D eigenvalue weighted by Gasteiger charge is -2.47. The van der Waals surface area contributed by atoms with Crippen LogP contribution in [0.2, 0.25) is 0 Å². The van der Waals surface area contributed by atoms with Gasteiger partial charge in [0, 0.05) is 20.0 Å². The van der Waals surface area contributed by atoms with E-state index in [-0.39, 0.29) is 11.3 Å². The van der Waals surface area contributed by atoms with Crippen LogP contribution in [0.3, 0.4) is 0 Å². The Balaban J connectivity index is 2.23. The van der Waals surface area contributed by atoms with Gasteiger partial charge in [-0.2, -0.15) is 0 Å². The second-order valence-electron chi connectivity index (χ2n) is 6.76. The van der Waals surface area contributed by atoms with Crippen molar-refractivity contribution in [2.75, 3.05) is 13.1 Å². The number of hydrogen-bond donors (Lipinski definition) is 0. The maximum atomic E-state index is 11.8. The van der Waals surface area contributed by atoms with E-state index < -0.39 is 0 Å². The maximum absolute atomic E-state index is 11.8. The molecule has 1 fully saturated rings. The standard InChI is InChI=1S/C19H29NO/c1-4-9-16(2)19(14-18-10-6-5-7-11-18)12-8-13-20(15-19)17(3)21/h5-7,10-11,16H,4,8-9,12-15H2,1-3H3/t16?,19-/m1/s1. The van der Waals surface area contributed by atoms with Gasteiger partial charge in [0.15, 0.2) is 0 Å². The normalized spacial score (nSPS) is 23.9. The molecule has 116 valence electrons. The third-order valence-corrected chi connectivity index (χ3v) is 5.22. The molecule has 2 heteroatoms. The Morgan fingerprint density at radius 3 is 2.67 bits per heavy atom. The van der Waals surface area contributed by atoms with Crippen molar-refractivity contribution in [3.8, 4) is 0 Å². The van der Waals surface area contributed by atoms with Crippen LogP contribution in [-0.4, -0.2) is 23.9 Å². The van der Waals surface area contributed by atoms with E-state index in [1.165, 1.54) is 24.8 Å². The molecule has 0 N–H and O–H groups in total. The Hall–Kier alpha value is -1.31. The summed E-state index contributed by atoms with van der Waals surface area (Å²) in [5.41, 5.74) is 1.66. The quantitative estimate of drug-likeness (QED) is 0.791. The molecule has 2 atom stereocenters. The summed E-state index contributed by atoms with van der Waals surface area (Å²) in [6, 6.07) is 10.8. The first-order valence-corrected chi connectivity index (χ1v) is 8.37. The number of benzene rings is 1. The van der Waals surface area contributed by atoms with E-state index in [0.29, 0.717) is 5.92 Å². The first-order chi connectivity index (χ1) is 10.1. The van der Waals surface area contributed by atoms with Gasteiger partial charge in [-0.15, -0.1) is 0 Å². The van der Waals surface area contributed by atoms with E-state index in [4.69, 9.17) is 0 Å². The summed E-state index contributed by atoms with van der Waals surface area (Å²) < 4.78 is 0. The first-order valence-electron chi connectivity index (χ1n) is 8.37. The summed E-state index contributed by atoms with van der Waals surface area (Å²) >= 11 is 0. The van der Waals surface area contributed by atoms with Crippen LogP contribution < -0.4 is 0 Å². The molecular formula is C19H29NO. The minimum atomic E-state index is 0.232. The zero-order chi connectivity index (χ0) is 15.3. The van der Waals surface area contributed by atoms with E-state index in [1.54, 1.807) is 6.92 Å². The molecule has 0 radical (unpaired) electrons. The molecule has 1 aromatic carbocycles. The summed E-state index contributed by atoms with van der Waals surface area (Å²) in [7, 11) is 0. The van der Waals surface area contributed by atoms with Gasteiger partial charge < -0.3 is 4.90 Å². The fraction of sp³-hybridized carbons (Fsp3) is 0.632. The van der Waals surface area contributed by atoms with Gasteiger partial charge in [0.1, 0.15) is 0 Å². The molecule has 1 saturated heterocycles. The van der Waals surface area contributed by atoms with E-state index in [9.17, 15) is 4.79 Å². The molecule has 0 bridgehead atoms. The van der Waals surface area contributed by atoms with Crippen LogP contribution in [0.1, 0.15) is 52.0 Å². The molecule has 2 nitrogen and oxygen atoms in total. The van der Waals surface area contributed by atoms with Crippen molar-refractivity contribution >= 4 is 5.91 Å². The highest BCUT2D eigenvalue weighted by atomic mass is 16.2. The summed E-state index contributed by atoms with van der Waals surface area (Å²) in [4.78, 5) is 13.9. The van der Waals surface area contributed by atoms with Crippen molar-refractivity contribution in [2.45, 2.75) is 52.9 Å². The Morgan fingerprint density at radius 1 is 1.33 bits per heavy atom. The monoisotopic (exact) mass is 287 g/mol. The molecule has 2 rings (SSSR count). The van der Waals surface area contributed by atoms with E-state index >= 15 is 0 Å². The maximum Gasteiger partial charge on any atom is 0.219 e. The van der Waals surface area contributed by atoms with Crippen LogP contribution in [0.5, 0.6) is 0 Å². The summed E-state index contributed by atoms with van der Waals surface area (Å²) in [6.07, 6.45) is 5.95. The minimum Gasteiger partial charge on any atom is -0.342 e. The minimum absolute atomic E-state index is 0.232. The second-order valence-corrected chi connectivity index (χ2v) is 6.76. The second kappa shape index (κ2) is 7.11. The molecule has 1 heterocycles. The Kier molecular flexibility index (Phi) is 5.44. The van der Waals surface area contributed by atoms with Crippen LogP contribution in [0.15, 0.2) is 30.3 Å². The van der Waals surface area contributed by atoms with Crippen LogP contribution >= 0.6 is 0 Å². The average Bonchev–Trinajstić information content (AvgIpc) is 2.48. The molecule has 0 aromatic heterocycles. The lowest BCUT2D eigenvalue weighted by Crippen LogP contribution is -2.49. The van der Waals surface area contributed by atoms with Crippen LogP contribution in [-0.2, 0) is 11.2 Å². The van der Waals surface area contributed by atoms with Gasteiger partial charge in [-0.05, 0) is 36.2 Å². The van der Waals surface area contributed by atoms with E-state index in [1.807, 2.05) is 0 Å². The predicted molar refractivity (Wildman–Crippen MR) is 88.1 cm³/mol. The number of hydrogen-bond acceptors (Lipinski definition) is 1. The average molecular weight is 287 g/mol. The highest BCUT2D eigenvalue weighted by Gasteiger charge is 2.40. The molecule has 1 aromatic rings. The lowest BCUT2D eigenvalue weighted by atomic mass is 9.65. The molecule has 1 amide bonds. The molecule has 1 aliphatic rings. The molecule has 0 aliphatic carbocycles. The zero-order valence-electron chi connectivity index (χ0n) is 13.8. The van der Waals surface area contributed by atoms with Gasteiger partial charge in [0.25, 0.3) is 0 Å². The Bertz CT molecular complexity index is 456. The molecule has 1 aliphatic heterocycles. The third kappa shape index (κ3) is 3.87. The van der Waals surface area contributed by atoms with E-state index in [2.05, 4.69) is 49.1 Å². The fourth-order valence-corrected chi connectivity index (χ4v) is 3.89. The van der Waals surface area contributed by atoms with Gasteiger partial charge in [-0.1, -0.05) is 57.0 Å². The first kappa shape index (κ1) is 16.1. The number of amides is 1. The molecule has 1 unspecified atom stereocenters. The molecule has 0 spiro atoms. The summed E-state index contributed by atoms with van der Waals surface area (Å²) in [6.45, 7) is 8.22. The van der Waals surface area contributed by atoms with Crippen molar-refractivity contribution in [3.63, 3.8) is 0 Å². The van der Waals surface area contributed by atoms with Crippen molar-refractivity contribution in [1.82, 2.24) is 4.90 Å². The third-order valence-electron chi connectivity index (χ3n) is 5.22.